The Bertz CT molecular complexity index is 313. The minimum atomic E-state index is -0.567. The lowest BCUT2D eigenvalue weighted by molar-refractivity contribution is -0.153. The third-order valence-corrected chi connectivity index (χ3v) is 5.55. The quantitative estimate of drug-likeness (QED) is 0.830. The molecule has 1 heterocycles. The number of carboxylic acid groups (broad SMARTS) is 1. The van der Waals surface area contributed by atoms with Gasteiger partial charge in [0, 0.05) is 6.04 Å². The van der Waals surface area contributed by atoms with Gasteiger partial charge in [0.2, 0.25) is 0 Å². The lowest BCUT2D eigenvalue weighted by Gasteiger charge is -2.49. The van der Waals surface area contributed by atoms with Crippen molar-refractivity contribution in [1.82, 2.24) is 4.90 Å². The summed E-state index contributed by atoms with van der Waals surface area (Å²) in [7, 11) is 0. The number of hydrogen-bond acceptors (Lipinski definition) is 2. The summed E-state index contributed by atoms with van der Waals surface area (Å²) in [5.41, 5.74) is -0.424. The topological polar surface area (TPSA) is 40.5 Å². The van der Waals surface area contributed by atoms with Crippen LogP contribution in [0.25, 0.3) is 0 Å². The van der Waals surface area contributed by atoms with E-state index in [1.54, 1.807) is 0 Å². The first kappa shape index (κ1) is 14.8. The monoisotopic (exact) mass is 267 g/mol. The minimum absolute atomic E-state index is 0.424. The van der Waals surface area contributed by atoms with Gasteiger partial charge in [0.05, 0.1) is 5.41 Å². The van der Waals surface area contributed by atoms with Gasteiger partial charge >= 0.3 is 5.97 Å². The van der Waals surface area contributed by atoms with Gasteiger partial charge in [-0.3, -0.25) is 4.79 Å². The molecule has 0 spiro atoms. The Balaban J connectivity index is 1.84. The molecule has 0 radical (unpaired) electrons. The van der Waals surface area contributed by atoms with E-state index in [1.807, 2.05) is 0 Å². The van der Waals surface area contributed by atoms with E-state index in [1.165, 1.54) is 12.8 Å². The second-order valence-electron chi connectivity index (χ2n) is 7.00. The van der Waals surface area contributed by atoms with Crippen LogP contribution in [0.5, 0.6) is 0 Å². The summed E-state index contributed by atoms with van der Waals surface area (Å²) in [6.07, 6.45) is 6.16. The van der Waals surface area contributed by atoms with E-state index in [9.17, 15) is 9.90 Å². The molecule has 0 amide bonds. The van der Waals surface area contributed by atoms with Crippen LogP contribution in [-0.4, -0.2) is 35.1 Å². The first-order chi connectivity index (χ1) is 8.98. The molecule has 1 saturated carbocycles. The lowest BCUT2D eigenvalue weighted by atomic mass is 9.70. The second kappa shape index (κ2) is 5.82. The van der Waals surface area contributed by atoms with Crippen molar-refractivity contribution in [2.24, 2.45) is 17.3 Å². The maximum Gasteiger partial charge on any atom is 0.309 e. The van der Waals surface area contributed by atoms with Gasteiger partial charge in [-0.2, -0.15) is 0 Å². The fraction of sp³-hybridized carbons (Fsp3) is 0.938. The van der Waals surface area contributed by atoms with Crippen LogP contribution in [0.4, 0.5) is 0 Å². The molecule has 1 aliphatic heterocycles. The number of carbonyl (C=O) groups is 1. The van der Waals surface area contributed by atoms with Gasteiger partial charge in [-0.1, -0.05) is 27.2 Å². The summed E-state index contributed by atoms with van der Waals surface area (Å²) in [6, 6.07) is 0.737. The van der Waals surface area contributed by atoms with Crippen molar-refractivity contribution in [2.45, 2.75) is 65.3 Å². The summed E-state index contributed by atoms with van der Waals surface area (Å²) in [6.45, 7) is 8.70. The van der Waals surface area contributed by atoms with Crippen LogP contribution in [0.15, 0.2) is 0 Å². The highest BCUT2D eigenvalue weighted by atomic mass is 16.4. The summed E-state index contributed by atoms with van der Waals surface area (Å²) in [4.78, 5) is 14.1. The maximum atomic E-state index is 11.5. The van der Waals surface area contributed by atoms with Gasteiger partial charge < -0.3 is 10.0 Å². The molecular formula is C16H29NO2. The fourth-order valence-electron chi connectivity index (χ4n) is 3.84. The van der Waals surface area contributed by atoms with Gasteiger partial charge in [-0.05, 0) is 57.0 Å². The Hall–Kier alpha value is -0.570. The van der Waals surface area contributed by atoms with E-state index in [0.29, 0.717) is 0 Å². The first-order valence-corrected chi connectivity index (χ1v) is 7.96. The number of carboxylic acids is 1. The number of hydrogen-bond donors (Lipinski definition) is 1. The predicted molar refractivity (Wildman–Crippen MR) is 77.1 cm³/mol. The summed E-state index contributed by atoms with van der Waals surface area (Å²) in [5.74, 6) is 1.13. The molecule has 0 unspecified atom stereocenters. The van der Waals surface area contributed by atoms with Crippen molar-refractivity contribution in [3.8, 4) is 0 Å². The smallest absolute Gasteiger partial charge is 0.309 e. The summed E-state index contributed by atoms with van der Waals surface area (Å²) in [5, 5.41) is 9.51. The minimum Gasteiger partial charge on any atom is -0.481 e. The molecule has 2 fully saturated rings. The molecule has 1 saturated heterocycles. The molecule has 0 aromatic carbocycles. The molecule has 19 heavy (non-hydrogen) atoms. The van der Waals surface area contributed by atoms with Crippen LogP contribution < -0.4 is 0 Å². The Labute approximate surface area is 117 Å². The molecule has 1 aliphatic carbocycles. The summed E-state index contributed by atoms with van der Waals surface area (Å²) < 4.78 is 0. The molecule has 0 aromatic rings. The molecule has 0 atom stereocenters. The fourth-order valence-corrected chi connectivity index (χ4v) is 3.84. The average Bonchev–Trinajstić information content (AvgIpc) is 2.29. The Morgan fingerprint density at radius 1 is 1.32 bits per heavy atom. The van der Waals surface area contributed by atoms with E-state index in [2.05, 4.69) is 25.7 Å². The number of aliphatic carboxylic acids is 1. The largest absolute Gasteiger partial charge is 0.481 e. The van der Waals surface area contributed by atoms with Crippen LogP contribution in [0.1, 0.15) is 59.3 Å². The molecule has 1 N–H and O–H groups in total. The van der Waals surface area contributed by atoms with Crippen molar-refractivity contribution in [2.75, 3.05) is 13.1 Å². The zero-order chi connectivity index (χ0) is 14.0. The first-order valence-electron chi connectivity index (χ1n) is 7.96. The third kappa shape index (κ3) is 2.96. The van der Waals surface area contributed by atoms with Crippen molar-refractivity contribution >= 4 is 5.97 Å². The maximum absolute atomic E-state index is 11.5. The van der Waals surface area contributed by atoms with Crippen molar-refractivity contribution in [3.63, 3.8) is 0 Å². The van der Waals surface area contributed by atoms with Crippen LogP contribution in [0.2, 0.25) is 0 Å². The van der Waals surface area contributed by atoms with Gasteiger partial charge in [0.25, 0.3) is 0 Å². The lowest BCUT2D eigenvalue weighted by Crippen LogP contribution is -2.52. The van der Waals surface area contributed by atoms with Gasteiger partial charge in [0.1, 0.15) is 0 Å². The van der Waals surface area contributed by atoms with Crippen LogP contribution in [0, 0.1) is 17.3 Å². The molecule has 2 rings (SSSR count). The van der Waals surface area contributed by atoms with Gasteiger partial charge in [-0.15, -0.1) is 0 Å². The molecule has 2 aliphatic rings. The Morgan fingerprint density at radius 3 is 2.32 bits per heavy atom. The van der Waals surface area contributed by atoms with E-state index >= 15 is 0 Å². The third-order valence-electron chi connectivity index (χ3n) is 5.55. The zero-order valence-electron chi connectivity index (χ0n) is 12.7. The Kier molecular flexibility index (Phi) is 4.54. The second-order valence-corrected chi connectivity index (χ2v) is 7.00. The number of likely N-dealkylation sites (tertiary alicyclic amines) is 1. The molecule has 0 bridgehead atoms. The SMILES string of the molecule is CCCC1(C(=O)O)CCN(C2CC(C(C)C)C2)CC1. The van der Waals surface area contributed by atoms with Crippen molar-refractivity contribution < 1.29 is 9.90 Å². The highest BCUT2D eigenvalue weighted by molar-refractivity contribution is 5.74. The van der Waals surface area contributed by atoms with Crippen LogP contribution >= 0.6 is 0 Å². The van der Waals surface area contributed by atoms with Crippen LogP contribution in [0.3, 0.4) is 0 Å². The number of rotatable bonds is 5. The molecule has 3 heteroatoms. The number of nitrogens with zero attached hydrogens (tertiary/aromatic N) is 1. The molecule has 3 nitrogen and oxygen atoms in total. The normalized spacial score (nSPS) is 31.2. The average molecular weight is 267 g/mol. The number of piperidine rings is 1. The Morgan fingerprint density at radius 2 is 1.89 bits per heavy atom. The standard InChI is InChI=1S/C16H29NO2/c1-4-5-16(15(18)19)6-8-17(9-7-16)14-10-13(11-14)12(2)3/h12-14H,4-11H2,1-3H3,(H,18,19). The highest BCUT2D eigenvalue weighted by Gasteiger charge is 2.44. The predicted octanol–water partition coefficient (Wildman–Crippen LogP) is 3.39. The van der Waals surface area contributed by atoms with E-state index in [-0.39, 0.29) is 0 Å². The summed E-state index contributed by atoms with van der Waals surface area (Å²) >= 11 is 0. The van der Waals surface area contributed by atoms with E-state index in [4.69, 9.17) is 0 Å². The van der Waals surface area contributed by atoms with Crippen molar-refractivity contribution in [3.05, 3.63) is 0 Å². The van der Waals surface area contributed by atoms with E-state index < -0.39 is 11.4 Å². The van der Waals surface area contributed by atoms with Gasteiger partial charge in [0.15, 0.2) is 0 Å². The van der Waals surface area contributed by atoms with Gasteiger partial charge in [-0.25, -0.2) is 0 Å². The van der Waals surface area contributed by atoms with Crippen molar-refractivity contribution in [1.29, 1.82) is 0 Å². The highest BCUT2D eigenvalue weighted by Crippen LogP contribution is 2.42. The molecule has 0 aromatic heterocycles. The molecule has 110 valence electrons. The zero-order valence-corrected chi connectivity index (χ0v) is 12.7. The molecular weight excluding hydrogens is 238 g/mol. The van der Waals surface area contributed by atoms with Crippen LogP contribution in [-0.2, 0) is 4.79 Å². The van der Waals surface area contributed by atoms with E-state index in [0.717, 1.165) is 56.7 Å².